The predicted molar refractivity (Wildman–Crippen MR) is 198 cm³/mol. The van der Waals surface area contributed by atoms with Crippen LogP contribution in [0.2, 0.25) is 0 Å². The molecule has 17 nitrogen and oxygen atoms in total. The maximum atomic E-state index is 13.5. The molecule has 52 heavy (non-hydrogen) atoms. The molecule has 300 valence electrons. The molecule has 0 saturated carbocycles. The number of nitrogens with one attached hydrogen (secondary N) is 1. The molecule has 1 aromatic rings. The Bertz CT molecular complexity index is 1500. The van der Waals surface area contributed by atoms with Crippen molar-refractivity contribution in [2.75, 3.05) is 19.4 Å². The second-order valence-electron chi connectivity index (χ2n) is 13.3. The van der Waals surface area contributed by atoms with E-state index in [1.165, 1.54) is 83.7 Å². The van der Waals surface area contributed by atoms with E-state index in [1.54, 1.807) is 0 Å². The summed E-state index contributed by atoms with van der Waals surface area (Å²) in [4.78, 5) is 49.5. The van der Waals surface area contributed by atoms with Gasteiger partial charge in [-0.3, -0.25) is 23.4 Å². The van der Waals surface area contributed by atoms with E-state index in [2.05, 4.69) is 26.2 Å². The minimum atomic E-state index is -5.47. The van der Waals surface area contributed by atoms with Crippen LogP contribution in [0.4, 0.5) is 0 Å². The van der Waals surface area contributed by atoms with E-state index < -0.39 is 59.5 Å². The largest absolute Gasteiger partial charge is 0.488 e. The molecule has 20 heteroatoms. The SMILES string of the molecule is CCCCCCCCCCCCCCCCCCP(=O)(OCCCC)OP(=O)(O)OP(=O)(O)OC[C@H]1O[C@@H](n2cc(C)c(=O)[nH]c2=O)CC1N=[N+]=[N-]. The third-order valence-corrected chi connectivity index (χ3v) is 14.2. The van der Waals surface area contributed by atoms with Crippen molar-refractivity contribution in [3.63, 3.8) is 0 Å². The summed E-state index contributed by atoms with van der Waals surface area (Å²) in [7, 11) is -15.0. The van der Waals surface area contributed by atoms with Gasteiger partial charge in [0.2, 0.25) is 0 Å². The first-order chi connectivity index (χ1) is 24.7. The lowest BCUT2D eigenvalue weighted by Gasteiger charge is -2.23. The molecule has 2 heterocycles. The summed E-state index contributed by atoms with van der Waals surface area (Å²) in [6.45, 7) is 4.80. The molecule has 2 rings (SSSR count). The van der Waals surface area contributed by atoms with Gasteiger partial charge in [-0.1, -0.05) is 122 Å². The van der Waals surface area contributed by atoms with Gasteiger partial charge < -0.3 is 19.0 Å². The Morgan fingerprint density at radius 1 is 0.846 bits per heavy atom. The van der Waals surface area contributed by atoms with E-state index >= 15 is 0 Å². The summed E-state index contributed by atoms with van der Waals surface area (Å²) in [6.07, 6.45) is 18.3. The van der Waals surface area contributed by atoms with Crippen LogP contribution in [0.5, 0.6) is 0 Å². The molecule has 0 spiro atoms. The van der Waals surface area contributed by atoms with Gasteiger partial charge in [0, 0.05) is 23.1 Å². The molecule has 6 atom stereocenters. The highest BCUT2D eigenvalue weighted by atomic mass is 31.3. The molecule has 1 fully saturated rings. The third kappa shape index (κ3) is 18.6. The van der Waals surface area contributed by atoms with Crippen LogP contribution in [-0.2, 0) is 36.1 Å². The molecule has 0 aromatic carbocycles. The van der Waals surface area contributed by atoms with Crippen molar-refractivity contribution in [2.24, 2.45) is 5.11 Å². The summed E-state index contributed by atoms with van der Waals surface area (Å²) in [5.41, 5.74) is 7.81. The highest BCUT2D eigenvalue weighted by molar-refractivity contribution is 7.68. The summed E-state index contributed by atoms with van der Waals surface area (Å²) >= 11 is 0. The van der Waals surface area contributed by atoms with E-state index in [-0.39, 0.29) is 24.8 Å². The number of hydrogen-bond acceptors (Lipinski definition) is 11. The predicted octanol–water partition coefficient (Wildman–Crippen LogP) is 9.33. The number of hydrogen-bond donors (Lipinski definition) is 3. The number of H-pyrrole nitrogens is 1. The second-order valence-corrected chi connectivity index (χ2v) is 18.7. The fourth-order valence-electron chi connectivity index (χ4n) is 5.85. The van der Waals surface area contributed by atoms with Crippen LogP contribution >= 0.6 is 23.2 Å². The molecule has 1 aromatic heterocycles. The summed E-state index contributed by atoms with van der Waals surface area (Å²) in [6, 6.07) is -0.988. The number of phosphoric ester groups is 1. The number of unbranched alkanes of at least 4 members (excludes halogenated alkanes) is 16. The Labute approximate surface area is 306 Å². The van der Waals surface area contributed by atoms with Crippen LogP contribution in [0.25, 0.3) is 10.4 Å². The summed E-state index contributed by atoms with van der Waals surface area (Å²) in [5.74, 6) is 0. The Hall–Kier alpha value is -1.60. The zero-order chi connectivity index (χ0) is 38.5. The smallest absolute Gasteiger partial charge is 0.352 e. The van der Waals surface area contributed by atoms with E-state index in [1.807, 2.05) is 6.92 Å². The van der Waals surface area contributed by atoms with Gasteiger partial charge in [-0.15, -0.1) is 0 Å². The van der Waals surface area contributed by atoms with E-state index in [4.69, 9.17) is 23.6 Å². The third-order valence-electron chi connectivity index (χ3n) is 8.77. The molecule has 0 radical (unpaired) electrons. The molecule has 0 bridgehead atoms. The topological polar surface area (TPSA) is 241 Å². The number of ether oxygens (including phenoxy) is 1. The molecular weight excluding hydrogens is 739 g/mol. The van der Waals surface area contributed by atoms with Crippen molar-refractivity contribution in [1.29, 1.82) is 0 Å². The monoisotopic (exact) mass is 799 g/mol. The molecular formula is C32H60N5O12P3. The first kappa shape index (κ1) is 46.6. The number of rotatable bonds is 30. The fourth-order valence-corrected chi connectivity index (χ4v) is 10.7. The van der Waals surface area contributed by atoms with Gasteiger partial charge >= 0.3 is 28.9 Å². The molecule has 0 amide bonds. The molecule has 0 aliphatic carbocycles. The van der Waals surface area contributed by atoms with Crippen molar-refractivity contribution in [2.45, 2.75) is 161 Å². The highest BCUT2D eigenvalue weighted by Crippen LogP contribution is 2.69. The van der Waals surface area contributed by atoms with E-state index in [0.717, 1.165) is 23.8 Å². The minimum absolute atomic E-state index is 0.0151. The van der Waals surface area contributed by atoms with Crippen LogP contribution in [-0.4, -0.2) is 50.9 Å². The average molecular weight is 800 g/mol. The zero-order valence-corrected chi connectivity index (χ0v) is 33.7. The Morgan fingerprint density at radius 3 is 1.92 bits per heavy atom. The molecule has 1 aliphatic rings. The van der Waals surface area contributed by atoms with Gasteiger partial charge in [0.05, 0.1) is 31.5 Å². The summed E-state index contributed by atoms with van der Waals surface area (Å²) in [5, 5.41) is 3.58. The van der Waals surface area contributed by atoms with Crippen molar-refractivity contribution in [1.82, 2.24) is 9.55 Å². The normalized spacial score (nSPS) is 20.9. The number of phosphoric acid groups is 2. The van der Waals surface area contributed by atoms with E-state index in [9.17, 15) is 33.1 Å². The number of aromatic nitrogens is 2. The Balaban J connectivity index is 1.81. The number of aryl methyl sites for hydroxylation is 1. The molecule has 1 saturated heterocycles. The van der Waals surface area contributed by atoms with Crippen LogP contribution in [0.1, 0.15) is 148 Å². The van der Waals surface area contributed by atoms with E-state index in [0.29, 0.717) is 25.7 Å². The standard InChI is InChI=1S/C32H60N5O12P3/c1-4-6-8-9-10-11-12-13-14-15-16-17-18-19-20-21-23-50(40,45-22-7-5-2)48-52(43,44)49-51(41,42)46-26-29-28(35-36-33)24-30(47-29)37-25-27(3)31(38)34-32(37)39/h25,28-30H,4-24,26H2,1-3H3,(H,41,42)(H,43,44)(H,34,38,39)/t28?,29-,30-,50?/m1/s1. The average Bonchev–Trinajstić information content (AvgIpc) is 3.47. The van der Waals surface area contributed by atoms with Crippen molar-refractivity contribution in [3.05, 3.63) is 43.0 Å². The quantitative estimate of drug-likeness (QED) is 0.0217. The van der Waals surface area contributed by atoms with Crippen LogP contribution in [0.15, 0.2) is 20.9 Å². The van der Waals surface area contributed by atoms with Crippen molar-refractivity contribution >= 4 is 23.2 Å². The maximum Gasteiger partial charge on any atom is 0.488 e. The molecule has 3 N–H and O–H groups in total. The Kier molecular flexibility index (Phi) is 22.1. The van der Waals surface area contributed by atoms with Gasteiger partial charge in [-0.2, -0.15) is 4.31 Å². The maximum absolute atomic E-state index is 13.5. The van der Waals surface area contributed by atoms with Gasteiger partial charge in [0.25, 0.3) is 5.56 Å². The zero-order valence-electron chi connectivity index (χ0n) is 31.0. The van der Waals surface area contributed by atoms with Gasteiger partial charge in [0.1, 0.15) is 6.23 Å². The van der Waals surface area contributed by atoms with Crippen LogP contribution < -0.4 is 11.2 Å². The number of azide groups is 1. The van der Waals surface area contributed by atoms with Crippen LogP contribution in [0.3, 0.4) is 0 Å². The molecule has 1 aliphatic heterocycles. The van der Waals surface area contributed by atoms with Crippen molar-refractivity contribution in [3.8, 4) is 0 Å². The van der Waals surface area contributed by atoms with Gasteiger partial charge in [0.15, 0.2) is 0 Å². The lowest BCUT2D eigenvalue weighted by Crippen LogP contribution is -2.33. The summed E-state index contributed by atoms with van der Waals surface area (Å²) < 4.78 is 65.4. The fraction of sp³-hybridized carbons (Fsp3) is 0.875. The highest BCUT2D eigenvalue weighted by Gasteiger charge is 2.44. The van der Waals surface area contributed by atoms with Crippen molar-refractivity contribution < 1.29 is 45.9 Å². The minimum Gasteiger partial charge on any atom is -0.352 e. The second kappa shape index (κ2) is 24.7. The Morgan fingerprint density at radius 2 is 1.38 bits per heavy atom. The lowest BCUT2D eigenvalue weighted by molar-refractivity contribution is -0.0267. The van der Waals surface area contributed by atoms with Gasteiger partial charge in [-0.25, -0.2) is 18.2 Å². The molecule has 4 unspecified atom stereocenters. The lowest BCUT2D eigenvalue weighted by atomic mass is 10.0. The van der Waals surface area contributed by atoms with Crippen LogP contribution in [0, 0.1) is 6.92 Å². The first-order valence-corrected chi connectivity index (χ1v) is 23.4. The van der Waals surface area contributed by atoms with Gasteiger partial charge in [-0.05, 0) is 25.3 Å². The first-order valence-electron chi connectivity index (χ1n) is 18.7. The number of aromatic amines is 1. The number of nitrogens with zero attached hydrogens (tertiary/aromatic N) is 4.